The molecule has 2 aromatic carbocycles. The second-order valence-corrected chi connectivity index (χ2v) is 7.49. The van der Waals surface area contributed by atoms with Gasteiger partial charge in [0.15, 0.2) is 5.17 Å². The summed E-state index contributed by atoms with van der Waals surface area (Å²) < 4.78 is 45.7. The molecule has 2 N–H and O–H groups in total. The molecule has 0 saturated carbocycles. The Kier molecular flexibility index (Phi) is 6.40. The Balaban J connectivity index is 1.93. The number of aliphatic carboxylic acids is 1. The summed E-state index contributed by atoms with van der Waals surface area (Å²) in [4.78, 5) is 16.1. The first-order valence-corrected chi connectivity index (χ1v) is 9.90. The number of allylic oxidation sites excluding steroid dienone is 1. The number of nitrogens with one attached hydrogen (secondary N) is 1. The zero-order chi connectivity index (χ0) is 21.9. The Hall–Kier alpha value is -2.94. The van der Waals surface area contributed by atoms with Crippen LogP contribution in [-0.2, 0) is 16.7 Å². The van der Waals surface area contributed by atoms with Gasteiger partial charge in [0.2, 0.25) is 0 Å². The second kappa shape index (κ2) is 8.83. The minimum atomic E-state index is -4.62. The third-order valence-electron chi connectivity index (χ3n) is 4.54. The number of thioether (sulfide) groups is 1. The SMILES string of the molecule is COc1ccc(CSC2=NC(c3ccccc3C(F)(F)F)C(C(=O)O)=C(C)N2)cc1. The number of ether oxygens (including phenoxy) is 1. The van der Waals surface area contributed by atoms with Crippen molar-refractivity contribution in [2.45, 2.75) is 24.9 Å². The quantitative estimate of drug-likeness (QED) is 0.690. The van der Waals surface area contributed by atoms with Crippen LogP contribution < -0.4 is 10.1 Å². The number of aliphatic imine (C=N–C) groups is 1. The van der Waals surface area contributed by atoms with E-state index in [4.69, 9.17) is 4.74 Å². The fourth-order valence-corrected chi connectivity index (χ4v) is 3.99. The number of hydrogen-bond donors (Lipinski definition) is 2. The molecule has 158 valence electrons. The molecule has 0 amide bonds. The Morgan fingerprint density at radius 2 is 1.87 bits per heavy atom. The number of hydrogen-bond acceptors (Lipinski definition) is 5. The van der Waals surface area contributed by atoms with Crippen molar-refractivity contribution < 1.29 is 27.8 Å². The summed E-state index contributed by atoms with van der Waals surface area (Å²) in [6, 6.07) is 11.0. The Bertz CT molecular complexity index is 1000. The number of amidine groups is 1. The van der Waals surface area contributed by atoms with Crippen molar-refractivity contribution in [1.82, 2.24) is 5.32 Å². The van der Waals surface area contributed by atoms with Gasteiger partial charge in [0, 0.05) is 11.4 Å². The summed E-state index contributed by atoms with van der Waals surface area (Å²) in [5.41, 5.74) is -0.0714. The van der Waals surface area contributed by atoms with Crippen molar-refractivity contribution in [3.63, 3.8) is 0 Å². The maximum absolute atomic E-state index is 13.5. The van der Waals surface area contributed by atoms with Crippen LogP contribution in [0.2, 0.25) is 0 Å². The molecule has 5 nitrogen and oxygen atoms in total. The molecule has 1 atom stereocenters. The average Bonchev–Trinajstić information content (AvgIpc) is 2.71. The number of methoxy groups -OCH3 is 1. The zero-order valence-corrected chi connectivity index (χ0v) is 17.0. The van der Waals surface area contributed by atoms with Gasteiger partial charge in [0.25, 0.3) is 0 Å². The lowest BCUT2D eigenvalue weighted by Crippen LogP contribution is -2.30. The smallest absolute Gasteiger partial charge is 0.416 e. The van der Waals surface area contributed by atoms with Crippen molar-refractivity contribution in [3.05, 3.63) is 76.5 Å². The molecule has 1 aliphatic heterocycles. The van der Waals surface area contributed by atoms with Gasteiger partial charge in [-0.05, 0) is 36.2 Å². The summed E-state index contributed by atoms with van der Waals surface area (Å²) in [5.74, 6) is -0.102. The predicted octanol–water partition coefficient (Wildman–Crippen LogP) is 5.01. The average molecular weight is 436 g/mol. The highest BCUT2D eigenvalue weighted by Gasteiger charge is 2.38. The predicted molar refractivity (Wildman–Crippen MR) is 109 cm³/mol. The van der Waals surface area contributed by atoms with Crippen LogP contribution in [0.4, 0.5) is 13.2 Å². The normalized spacial score (nSPS) is 16.7. The van der Waals surface area contributed by atoms with Crippen LogP contribution >= 0.6 is 11.8 Å². The standard InChI is InChI=1S/C21H19F3N2O3S/c1-12-17(19(27)28)18(15-5-3-4-6-16(15)21(22,23)24)26-20(25-12)30-11-13-7-9-14(29-2)10-8-13/h3-10,18H,11H2,1-2H3,(H,25,26)(H,27,28). The first-order valence-electron chi connectivity index (χ1n) is 8.91. The van der Waals surface area contributed by atoms with Crippen LogP contribution in [0.3, 0.4) is 0 Å². The fraction of sp³-hybridized carbons (Fsp3) is 0.238. The van der Waals surface area contributed by atoms with E-state index in [9.17, 15) is 23.1 Å². The largest absolute Gasteiger partial charge is 0.497 e. The van der Waals surface area contributed by atoms with Gasteiger partial charge < -0.3 is 15.2 Å². The molecule has 1 aliphatic rings. The molecule has 9 heteroatoms. The number of alkyl halides is 3. The molecular weight excluding hydrogens is 417 g/mol. The first kappa shape index (κ1) is 21.8. The van der Waals surface area contributed by atoms with E-state index in [0.29, 0.717) is 16.7 Å². The number of benzene rings is 2. The van der Waals surface area contributed by atoms with E-state index in [0.717, 1.165) is 11.6 Å². The number of nitrogens with zero attached hydrogens (tertiary/aromatic N) is 1. The summed E-state index contributed by atoms with van der Waals surface area (Å²) in [6.45, 7) is 1.52. The molecule has 0 bridgehead atoms. The summed E-state index contributed by atoms with van der Waals surface area (Å²) in [6.07, 6.45) is -4.62. The Morgan fingerprint density at radius 3 is 2.47 bits per heavy atom. The van der Waals surface area contributed by atoms with E-state index in [1.165, 1.54) is 36.9 Å². The molecule has 30 heavy (non-hydrogen) atoms. The zero-order valence-electron chi connectivity index (χ0n) is 16.2. The van der Waals surface area contributed by atoms with E-state index in [1.807, 2.05) is 24.3 Å². The number of carbonyl (C=O) groups is 1. The van der Waals surface area contributed by atoms with E-state index in [-0.39, 0.29) is 16.8 Å². The summed E-state index contributed by atoms with van der Waals surface area (Å²) >= 11 is 1.28. The van der Waals surface area contributed by atoms with Gasteiger partial charge >= 0.3 is 12.1 Å². The molecule has 1 heterocycles. The third-order valence-corrected chi connectivity index (χ3v) is 5.50. The van der Waals surface area contributed by atoms with Crippen molar-refractivity contribution in [2.24, 2.45) is 4.99 Å². The van der Waals surface area contributed by atoms with Crippen LogP contribution in [0.5, 0.6) is 5.75 Å². The lowest BCUT2D eigenvalue weighted by atomic mass is 9.92. The van der Waals surface area contributed by atoms with Gasteiger partial charge in [-0.25, -0.2) is 9.79 Å². The highest BCUT2D eigenvalue weighted by Crippen LogP contribution is 2.40. The molecule has 3 rings (SSSR count). The maximum Gasteiger partial charge on any atom is 0.416 e. The van der Waals surface area contributed by atoms with Crippen LogP contribution in [0.25, 0.3) is 0 Å². The van der Waals surface area contributed by atoms with Gasteiger partial charge in [-0.2, -0.15) is 13.2 Å². The van der Waals surface area contributed by atoms with Gasteiger partial charge in [0.1, 0.15) is 11.8 Å². The van der Waals surface area contributed by atoms with Gasteiger partial charge in [0.05, 0.1) is 18.2 Å². The molecule has 0 aliphatic carbocycles. The number of carboxylic acid groups (broad SMARTS) is 1. The van der Waals surface area contributed by atoms with Crippen LogP contribution in [0.1, 0.15) is 29.7 Å². The lowest BCUT2D eigenvalue weighted by molar-refractivity contribution is -0.139. The monoisotopic (exact) mass is 436 g/mol. The minimum absolute atomic E-state index is 0.189. The maximum atomic E-state index is 13.5. The molecule has 0 spiro atoms. The molecular formula is C21H19F3N2O3S. The first-order chi connectivity index (χ1) is 14.2. The fourth-order valence-electron chi connectivity index (χ4n) is 3.09. The van der Waals surface area contributed by atoms with Crippen LogP contribution in [0.15, 0.2) is 64.8 Å². The third kappa shape index (κ3) is 4.79. The van der Waals surface area contributed by atoms with Gasteiger partial charge in [-0.15, -0.1) is 0 Å². The molecule has 0 saturated heterocycles. The van der Waals surface area contributed by atoms with E-state index in [2.05, 4.69) is 10.3 Å². The van der Waals surface area contributed by atoms with E-state index < -0.39 is 23.8 Å². The van der Waals surface area contributed by atoms with Gasteiger partial charge in [-0.1, -0.05) is 42.1 Å². The highest BCUT2D eigenvalue weighted by molar-refractivity contribution is 8.13. The number of carboxylic acids is 1. The van der Waals surface area contributed by atoms with E-state index >= 15 is 0 Å². The van der Waals surface area contributed by atoms with Crippen molar-refractivity contribution in [2.75, 3.05) is 7.11 Å². The summed E-state index contributed by atoms with van der Waals surface area (Å²) in [5, 5.41) is 12.9. The number of halogens is 3. The molecule has 0 aromatic heterocycles. The molecule has 0 fully saturated rings. The van der Waals surface area contributed by atoms with Gasteiger partial charge in [-0.3, -0.25) is 0 Å². The second-order valence-electron chi connectivity index (χ2n) is 6.53. The van der Waals surface area contributed by atoms with E-state index in [1.54, 1.807) is 7.11 Å². The molecule has 1 unspecified atom stereocenters. The topological polar surface area (TPSA) is 70.9 Å². The van der Waals surface area contributed by atoms with Crippen molar-refractivity contribution in [1.29, 1.82) is 0 Å². The number of rotatable bonds is 5. The summed E-state index contributed by atoms with van der Waals surface area (Å²) in [7, 11) is 1.57. The van der Waals surface area contributed by atoms with Crippen LogP contribution in [-0.4, -0.2) is 23.4 Å². The molecule has 2 aromatic rings. The minimum Gasteiger partial charge on any atom is -0.497 e. The Morgan fingerprint density at radius 1 is 1.20 bits per heavy atom. The highest BCUT2D eigenvalue weighted by atomic mass is 32.2. The van der Waals surface area contributed by atoms with Crippen molar-refractivity contribution >= 4 is 22.9 Å². The Labute approximate surface area is 175 Å². The lowest BCUT2D eigenvalue weighted by Gasteiger charge is -2.26. The van der Waals surface area contributed by atoms with Crippen molar-refractivity contribution in [3.8, 4) is 5.75 Å². The van der Waals surface area contributed by atoms with Crippen LogP contribution in [0, 0.1) is 0 Å². The molecule has 0 radical (unpaired) electrons.